The van der Waals surface area contributed by atoms with E-state index in [9.17, 15) is 13.2 Å². The summed E-state index contributed by atoms with van der Waals surface area (Å²) < 4.78 is 32.4. The molecule has 6 nitrogen and oxygen atoms in total. The normalized spacial score (nSPS) is 16.6. The molecule has 1 amide bonds. The van der Waals surface area contributed by atoms with Crippen molar-refractivity contribution in [3.8, 4) is 0 Å². The number of carbonyl (C=O) groups is 1. The van der Waals surface area contributed by atoms with Crippen LogP contribution in [0.1, 0.15) is 35.7 Å². The molecule has 1 fully saturated rings. The number of hydrogen-bond donors (Lipinski definition) is 1. The first-order chi connectivity index (χ1) is 10.8. The number of nitrogens with zero attached hydrogens (tertiary/aromatic N) is 1. The fourth-order valence-electron chi connectivity index (χ4n) is 2.71. The van der Waals surface area contributed by atoms with Crippen molar-refractivity contribution in [2.24, 2.45) is 0 Å². The zero-order valence-corrected chi connectivity index (χ0v) is 14.6. The molecule has 1 heterocycles. The lowest BCUT2D eigenvalue weighted by Gasteiger charge is -2.18. The number of hydrogen-bond acceptors (Lipinski definition) is 4. The van der Waals surface area contributed by atoms with Crippen LogP contribution in [-0.2, 0) is 14.8 Å². The van der Waals surface area contributed by atoms with Crippen LogP contribution in [0.25, 0.3) is 0 Å². The number of likely N-dealkylation sites (tertiary alicyclic amines) is 1. The van der Waals surface area contributed by atoms with E-state index in [1.807, 2.05) is 6.92 Å². The van der Waals surface area contributed by atoms with E-state index in [4.69, 9.17) is 4.74 Å². The van der Waals surface area contributed by atoms with E-state index in [1.54, 1.807) is 17.9 Å². The molecule has 0 spiro atoms. The van der Waals surface area contributed by atoms with E-state index in [0.717, 1.165) is 31.5 Å². The maximum atomic E-state index is 12.6. The molecule has 1 aromatic carbocycles. The highest BCUT2D eigenvalue weighted by atomic mass is 32.2. The van der Waals surface area contributed by atoms with Gasteiger partial charge >= 0.3 is 0 Å². The fraction of sp³-hybridized carbons (Fsp3) is 0.562. The smallest absolute Gasteiger partial charge is 0.254 e. The summed E-state index contributed by atoms with van der Waals surface area (Å²) in [6.45, 7) is 5.30. The third-order valence-electron chi connectivity index (χ3n) is 3.92. The first kappa shape index (κ1) is 17.9. The molecule has 0 radical (unpaired) electrons. The summed E-state index contributed by atoms with van der Waals surface area (Å²) >= 11 is 0. The predicted molar refractivity (Wildman–Crippen MR) is 88.0 cm³/mol. The Kier molecular flexibility index (Phi) is 5.78. The Morgan fingerprint density at radius 1 is 1.35 bits per heavy atom. The van der Waals surface area contributed by atoms with Crippen LogP contribution in [0.3, 0.4) is 0 Å². The summed E-state index contributed by atoms with van der Waals surface area (Å²) in [5.41, 5.74) is 1.24. The van der Waals surface area contributed by atoms with Crippen LogP contribution in [0.4, 0.5) is 0 Å². The maximum Gasteiger partial charge on any atom is 0.254 e. The van der Waals surface area contributed by atoms with Crippen molar-refractivity contribution >= 4 is 15.9 Å². The summed E-state index contributed by atoms with van der Waals surface area (Å²) in [5, 5.41) is 0. The van der Waals surface area contributed by atoms with Gasteiger partial charge in [0.05, 0.1) is 11.5 Å². The average Bonchev–Trinajstić information content (AvgIpc) is 3.00. The number of benzene rings is 1. The summed E-state index contributed by atoms with van der Waals surface area (Å²) in [6, 6.07) is 4.33. The first-order valence-corrected chi connectivity index (χ1v) is 9.24. The number of carbonyl (C=O) groups excluding carboxylic acids is 1. The van der Waals surface area contributed by atoms with Gasteiger partial charge in [-0.25, -0.2) is 13.1 Å². The van der Waals surface area contributed by atoms with Gasteiger partial charge in [0.15, 0.2) is 0 Å². The van der Waals surface area contributed by atoms with Crippen LogP contribution in [0, 0.1) is 6.92 Å². The third-order valence-corrected chi connectivity index (χ3v) is 5.50. The van der Waals surface area contributed by atoms with Gasteiger partial charge < -0.3 is 9.64 Å². The number of ether oxygens (including phenoxy) is 1. The SMILES string of the molecule is COC[C@H](C)NS(=O)(=O)c1ccc(C)c(C(=O)N2CCCC2)c1. The van der Waals surface area contributed by atoms with Gasteiger partial charge in [-0.1, -0.05) is 6.07 Å². The minimum atomic E-state index is -3.68. The van der Waals surface area contributed by atoms with Gasteiger partial charge in [-0.3, -0.25) is 4.79 Å². The molecule has 1 aromatic rings. The molecule has 0 bridgehead atoms. The Hall–Kier alpha value is -1.44. The zero-order valence-electron chi connectivity index (χ0n) is 13.8. The van der Waals surface area contributed by atoms with Crippen molar-refractivity contribution in [3.05, 3.63) is 29.3 Å². The monoisotopic (exact) mass is 340 g/mol. The summed E-state index contributed by atoms with van der Waals surface area (Å²) in [7, 11) is -2.16. The Labute approximate surface area is 137 Å². The molecule has 2 rings (SSSR count). The van der Waals surface area contributed by atoms with Gasteiger partial charge in [0.25, 0.3) is 5.91 Å². The molecule has 23 heavy (non-hydrogen) atoms. The van der Waals surface area contributed by atoms with E-state index in [2.05, 4.69) is 4.72 Å². The second-order valence-electron chi connectivity index (χ2n) is 5.95. The molecule has 0 aromatic heterocycles. The van der Waals surface area contributed by atoms with Crippen LogP contribution < -0.4 is 4.72 Å². The summed E-state index contributed by atoms with van der Waals surface area (Å²) in [5.74, 6) is -0.0954. The molecule has 1 aliphatic rings. The zero-order chi connectivity index (χ0) is 17.0. The van der Waals surface area contributed by atoms with Crippen LogP contribution in [0.15, 0.2) is 23.1 Å². The lowest BCUT2D eigenvalue weighted by Crippen LogP contribution is -2.36. The molecule has 128 valence electrons. The first-order valence-electron chi connectivity index (χ1n) is 7.76. The number of amides is 1. The van der Waals surface area contributed by atoms with Gasteiger partial charge in [0.1, 0.15) is 0 Å². The number of methoxy groups -OCH3 is 1. The quantitative estimate of drug-likeness (QED) is 0.852. The van der Waals surface area contributed by atoms with Crippen molar-refractivity contribution in [2.45, 2.75) is 37.6 Å². The molecule has 0 saturated carbocycles. The van der Waals surface area contributed by atoms with E-state index in [-0.39, 0.29) is 23.5 Å². The predicted octanol–water partition coefficient (Wildman–Crippen LogP) is 1.54. The molecule has 1 atom stereocenters. The number of sulfonamides is 1. The Bertz CT molecular complexity index is 667. The van der Waals surface area contributed by atoms with E-state index < -0.39 is 10.0 Å². The van der Waals surface area contributed by atoms with Gasteiger partial charge in [-0.05, 0) is 44.4 Å². The molecule has 1 aliphatic heterocycles. The fourth-order valence-corrected chi connectivity index (χ4v) is 3.96. The van der Waals surface area contributed by atoms with Crippen molar-refractivity contribution in [3.63, 3.8) is 0 Å². The van der Waals surface area contributed by atoms with Crippen molar-refractivity contribution < 1.29 is 17.9 Å². The lowest BCUT2D eigenvalue weighted by atomic mass is 10.1. The highest BCUT2D eigenvalue weighted by Crippen LogP contribution is 2.20. The van der Waals surface area contributed by atoms with Crippen LogP contribution in [-0.4, -0.2) is 52.1 Å². The molecule has 1 saturated heterocycles. The molecule has 1 N–H and O–H groups in total. The van der Waals surface area contributed by atoms with Crippen molar-refractivity contribution in [2.75, 3.05) is 26.8 Å². The van der Waals surface area contributed by atoms with Crippen LogP contribution in [0.2, 0.25) is 0 Å². The second kappa shape index (κ2) is 7.42. The van der Waals surface area contributed by atoms with E-state index in [1.165, 1.54) is 19.2 Å². The maximum absolute atomic E-state index is 12.6. The molecule has 0 unspecified atom stereocenters. The molecular formula is C16H24N2O4S. The van der Waals surface area contributed by atoms with Crippen LogP contribution in [0.5, 0.6) is 0 Å². The van der Waals surface area contributed by atoms with E-state index >= 15 is 0 Å². The molecule has 7 heteroatoms. The number of nitrogens with one attached hydrogen (secondary N) is 1. The highest BCUT2D eigenvalue weighted by molar-refractivity contribution is 7.89. The van der Waals surface area contributed by atoms with E-state index in [0.29, 0.717) is 5.56 Å². The number of aryl methyl sites for hydroxylation is 1. The minimum absolute atomic E-state index is 0.0954. The lowest BCUT2D eigenvalue weighted by molar-refractivity contribution is 0.0792. The largest absolute Gasteiger partial charge is 0.383 e. The Balaban J connectivity index is 2.27. The van der Waals surface area contributed by atoms with Crippen molar-refractivity contribution in [1.29, 1.82) is 0 Å². The molecular weight excluding hydrogens is 316 g/mol. The third kappa shape index (κ3) is 4.31. The van der Waals surface area contributed by atoms with Gasteiger partial charge in [0.2, 0.25) is 10.0 Å². The minimum Gasteiger partial charge on any atom is -0.383 e. The Morgan fingerprint density at radius 3 is 2.61 bits per heavy atom. The van der Waals surface area contributed by atoms with Gasteiger partial charge in [0, 0.05) is 31.8 Å². The van der Waals surface area contributed by atoms with Crippen LogP contribution >= 0.6 is 0 Å². The standard InChI is InChI=1S/C16H24N2O4S/c1-12-6-7-14(23(20,21)17-13(2)11-22-3)10-15(12)16(19)18-8-4-5-9-18/h6-7,10,13,17H,4-5,8-9,11H2,1-3H3/t13-/m0/s1. The number of rotatable bonds is 6. The Morgan fingerprint density at radius 2 is 2.00 bits per heavy atom. The topological polar surface area (TPSA) is 75.7 Å². The highest BCUT2D eigenvalue weighted by Gasteiger charge is 2.24. The van der Waals surface area contributed by atoms with Gasteiger partial charge in [-0.15, -0.1) is 0 Å². The van der Waals surface area contributed by atoms with Gasteiger partial charge in [-0.2, -0.15) is 0 Å². The average molecular weight is 340 g/mol. The van der Waals surface area contributed by atoms with Crippen molar-refractivity contribution in [1.82, 2.24) is 9.62 Å². The second-order valence-corrected chi connectivity index (χ2v) is 7.67. The summed E-state index contributed by atoms with van der Waals surface area (Å²) in [6.07, 6.45) is 2.00. The summed E-state index contributed by atoms with van der Waals surface area (Å²) in [4.78, 5) is 14.4. The molecule has 0 aliphatic carbocycles.